The van der Waals surface area contributed by atoms with Gasteiger partial charge in [-0.2, -0.15) is 5.26 Å². The monoisotopic (exact) mass is 251 g/mol. The molecule has 100 valence electrons. The average Bonchev–Trinajstić information content (AvgIpc) is 2.82. The lowest BCUT2D eigenvalue weighted by Crippen LogP contribution is -2.18. The summed E-state index contributed by atoms with van der Waals surface area (Å²) >= 11 is 0. The number of methoxy groups -OCH3 is 1. The van der Waals surface area contributed by atoms with Gasteiger partial charge in [0.2, 0.25) is 0 Å². The Balaban J connectivity index is 2.20. The Morgan fingerprint density at radius 2 is 2.33 bits per heavy atom. The summed E-state index contributed by atoms with van der Waals surface area (Å²) < 4.78 is 12.3. The minimum absolute atomic E-state index is 0.337. The lowest BCUT2D eigenvalue weighted by Gasteiger charge is -2.06. The minimum atomic E-state index is -0.337. The van der Waals surface area contributed by atoms with Gasteiger partial charge < -0.3 is 19.4 Å². The largest absolute Gasteiger partial charge is 0.383 e. The normalized spacial score (nSPS) is 12.3. The molecule has 0 aliphatic rings. The Hall–Kier alpha value is -1.35. The van der Waals surface area contributed by atoms with E-state index in [2.05, 4.69) is 22.1 Å². The molecule has 0 aromatic carbocycles. The van der Waals surface area contributed by atoms with Crippen molar-refractivity contribution in [2.75, 3.05) is 26.9 Å². The Labute approximate surface area is 108 Å². The molecule has 1 unspecified atom stereocenters. The van der Waals surface area contributed by atoms with Gasteiger partial charge in [-0.3, -0.25) is 0 Å². The first-order valence-electron chi connectivity index (χ1n) is 6.11. The molecule has 1 aromatic heterocycles. The van der Waals surface area contributed by atoms with Crippen molar-refractivity contribution in [3.8, 4) is 6.07 Å². The highest BCUT2D eigenvalue weighted by molar-refractivity contribution is 5.09. The van der Waals surface area contributed by atoms with Gasteiger partial charge in [0.1, 0.15) is 6.10 Å². The van der Waals surface area contributed by atoms with E-state index in [-0.39, 0.29) is 6.10 Å². The molecule has 1 aromatic rings. The van der Waals surface area contributed by atoms with E-state index in [1.807, 2.05) is 12.3 Å². The van der Waals surface area contributed by atoms with Crippen LogP contribution in [0.15, 0.2) is 18.5 Å². The van der Waals surface area contributed by atoms with E-state index in [0.29, 0.717) is 6.61 Å². The Bertz CT molecular complexity index is 371. The number of rotatable bonds is 9. The second-order valence-electron chi connectivity index (χ2n) is 4.07. The number of nitriles is 1. The van der Waals surface area contributed by atoms with Crippen molar-refractivity contribution < 1.29 is 9.47 Å². The molecule has 1 N–H and O–H groups in total. The van der Waals surface area contributed by atoms with Gasteiger partial charge in [0.15, 0.2) is 0 Å². The first-order valence-corrected chi connectivity index (χ1v) is 6.11. The molecular weight excluding hydrogens is 230 g/mol. The van der Waals surface area contributed by atoms with E-state index in [1.54, 1.807) is 14.0 Å². The summed E-state index contributed by atoms with van der Waals surface area (Å²) in [6.07, 6.45) is 3.77. The summed E-state index contributed by atoms with van der Waals surface area (Å²) in [5, 5.41) is 11.9. The van der Waals surface area contributed by atoms with Gasteiger partial charge in [0.05, 0.1) is 19.3 Å². The lowest BCUT2D eigenvalue weighted by atomic mass is 10.3. The van der Waals surface area contributed by atoms with Crippen molar-refractivity contribution in [3.63, 3.8) is 0 Å². The van der Waals surface area contributed by atoms with Crippen LogP contribution in [0.3, 0.4) is 0 Å². The zero-order valence-corrected chi connectivity index (χ0v) is 11.1. The van der Waals surface area contributed by atoms with Crippen LogP contribution in [0, 0.1) is 11.3 Å². The minimum Gasteiger partial charge on any atom is -0.383 e. The van der Waals surface area contributed by atoms with Gasteiger partial charge in [-0.1, -0.05) is 0 Å². The van der Waals surface area contributed by atoms with Crippen molar-refractivity contribution in [3.05, 3.63) is 24.0 Å². The fourth-order valence-corrected chi connectivity index (χ4v) is 1.51. The van der Waals surface area contributed by atoms with Crippen LogP contribution in [0.4, 0.5) is 0 Å². The second kappa shape index (κ2) is 8.70. The maximum Gasteiger partial charge on any atom is 0.141 e. The molecule has 0 spiro atoms. The maximum atomic E-state index is 8.58. The maximum absolute atomic E-state index is 8.58. The van der Waals surface area contributed by atoms with Crippen molar-refractivity contribution in [1.82, 2.24) is 9.88 Å². The van der Waals surface area contributed by atoms with Gasteiger partial charge in [0, 0.05) is 39.1 Å². The first-order chi connectivity index (χ1) is 8.76. The number of nitrogens with one attached hydrogen (secondary N) is 1. The van der Waals surface area contributed by atoms with E-state index >= 15 is 0 Å². The smallest absolute Gasteiger partial charge is 0.141 e. The summed E-state index contributed by atoms with van der Waals surface area (Å²) in [4.78, 5) is 0. The summed E-state index contributed by atoms with van der Waals surface area (Å²) in [5.41, 5.74) is 1.24. The number of ether oxygens (including phenoxy) is 2. The molecular formula is C13H21N3O2. The Morgan fingerprint density at radius 3 is 3.06 bits per heavy atom. The van der Waals surface area contributed by atoms with Crippen LogP contribution in [-0.2, 0) is 22.6 Å². The number of nitrogens with zero attached hydrogens (tertiary/aromatic N) is 2. The molecule has 5 heteroatoms. The molecule has 0 radical (unpaired) electrons. The number of hydrogen-bond acceptors (Lipinski definition) is 4. The van der Waals surface area contributed by atoms with Crippen LogP contribution in [0.1, 0.15) is 12.5 Å². The van der Waals surface area contributed by atoms with Gasteiger partial charge in [-0.25, -0.2) is 0 Å². The molecule has 5 nitrogen and oxygen atoms in total. The predicted octanol–water partition coefficient (Wildman–Crippen LogP) is 1.15. The summed E-state index contributed by atoms with van der Waals surface area (Å²) in [6, 6.07) is 4.12. The molecule has 1 atom stereocenters. The highest BCUT2D eigenvalue weighted by Crippen LogP contribution is 2.01. The molecule has 1 heterocycles. The molecule has 0 aliphatic heterocycles. The summed E-state index contributed by atoms with van der Waals surface area (Å²) in [6.45, 7) is 5.49. The van der Waals surface area contributed by atoms with Crippen molar-refractivity contribution in [2.24, 2.45) is 0 Å². The van der Waals surface area contributed by atoms with Crippen LogP contribution < -0.4 is 5.32 Å². The molecule has 0 aliphatic carbocycles. The predicted molar refractivity (Wildman–Crippen MR) is 69.0 cm³/mol. The van der Waals surface area contributed by atoms with Crippen LogP contribution in [-0.4, -0.2) is 37.5 Å². The molecule has 0 fully saturated rings. The fraction of sp³-hybridized carbons (Fsp3) is 0.615. The van der Waals surface area contributed by atoms with Gasteiger partial charge in [-0.05, 0) is 18.6 Å². The van der Waals surface area contributed by atoms with Crippen LogP contribution >= 0.6 is 0 Å². The van der Waals surface area contributed by atoms with Crippen molar-refractivity contribution in [1.29, 1.82) is 5.26 Å². The standard InChI is InChI=1S/C13H21N3O2/c1-12(9-14)18-8-6-16-5-3-13(11-16)10-15-4-7-17-2/h3,5,11-12,15H,4,6-8,10H2,1-2H3. The van der Waals surface area contributed by atoms with E-state index < -0.39 is 0 Å². The zero-order chi connectivity index (χ0) is 13.2. The quantitative estimate of drug-likeness (QED) is 0.669. The molecule has 0 amide bonds. The van der Waals surface area contributed by atoms with E-state index in [1.165, 1.54) is 5.56 Å². The number of aromatic nitrogens is 1. The van der Waals surface area contributed by atoms with E-state index in [4.69, 9.17) is 14.7 Å². The van der Waals surface area contributed by atoms with Crippen LogP contribution in [0.5, 0.6) is 0 Å². The highest BCUT2D eigenvalue weighted by Gasteiger charge is 2.00. The topological polar surface area (TPSA) is 59.2 Å². The van der Waals surface area contributed by atoms with E-state index in [0.717, 1.165) is 26.2 Å². The zero-order valence-electron chi connectivity index (χ0n) is 11.1. The summed E-state index contributed by atoms with van der Waals surface area (Å²) in [5.74, 6) is 0. The van der Waals surface area contributed by atoms with Gasteiger partial charge in [0.25, 0.3) is 0 Å². The van der Waals surface area contributed by atoms with Crippen molar-refractivity contribution in [2.45, 2.75) is 26.1 Å². The SMILES string of the molecule is COCCNCc1ccn(CCOC(C)C#N)c1. The fourth-order valence-electron chi connectivity index (χ4n) is 1.51. The molecule has 1 rings (SSSR count). The van der Waals surface area contributed by atoms with Gasteiger partial charge >= 0.3 is 0 Å². The highest BCUT2D eigenvalue weighted by atomic mass is 16.5. The molecule has 0 bridgehead atoms. The van der Waals surface area contributed by atoms with E-state index in [9.17, 15) is 0 Å². The van der Waals surface area contributed by atoms with Crippen molar-refractivity contribution >= 4 is 0 Å². The van der Waals surface area contributed by atoms with Crippen LogP contribution in [0.2, 0.25) is 0 Å². The average molecular weight is 251 g/mol. The third kappa shape index (κ3) is 5.82. The third-order valence-electron chi connectivity index (χ3n) is 2.52. The lowest BCUT2D eigenvalue weighted by molar-refractivity contribution is 0.0953. The molecule has 0 saturated carbocycles. The Morgan fingerprint density at radius 1 is 1.50 bits per heavy atom. The van der Waals surface area contributed by atoms with Crippen LogP contribution in [0.25, 0.3) is 0 Å². The van der Waals surface area contributed by atoms with Gasteiger partial charge in [-0.15, -0.1) is 0 Å². The Kier molecular flexibility index (Phi) is 7.11. The second-order valence-corrected chi connectivity index (χ2v) is 4.07. The molecule has 18 heavy (non-hydrogen) atoms. The first kappa shape index (κ1) is 14.7. The third-order valence-corrected chi connectivity index (χ3v) is 2.52. The number of hydrogen-bond donors (Lipinski definition) is 1. The summed E-state index contributed by atoms with van der Waals surface area (Å²) in [7, 11) is 1.69. The molecule has 0 saturated heterocycles.